The summed E-state index contributed by atoms with van der Waals surface area (Å²) in [5, 5.41) is 3.40. The van der Waals surface area contributed by atoms with Gasteiger partial charge in [-0.05, 0) is 42.4 Å². The first-order valence-corrected chi connectivity index (χ1v) is 9.19. The van der Waals surface area contributed by atoms with E-state index in [1.54, 1.807) is 12.1 Å². The summed E-state index contributed by atoms with van der Waals surface area (Å²) in [4.78, 5) is 0.355. The summed E-state index contributed by atoms with van der Waals surface area (Å²) in [5.41, 5.74) is 1.02. The molecule has 4 nitrogen and oxygen atoms in total. The summed E-state index contributed by atoms with van der Waals surface area (Å²) >= 11 is 0. The van der Waals surface area contributed by atoms with Gasteiger partial charge in [-0.2, -0.15) is 0 Å². The Balaban J connectivity index is 1.99. The summed E-state index contributed by atoms with van der Waals surface area (Å²) < 4.78 is 27.4. The fourth-order valence-electron chi connectivity index (χ4n) is 1.93. The standard InChI is InChI=1S/C16H26N2O2S/c1-12(2)13(3)10-18-21(19,20)16-6-4-5-14(9-16)11-17-15-7-8-15/h4-6,9,12-13,15,17-18H,7-8,10-11H2,1-3H3. The highest BCUT2D eigenvalue weighted by Crippen LogP contribution is 2.20. The second kappa shape index (κ2) is 6.90. The minimum Gasteiger partial charge on any atom is -0.310 e. The van der Waals surface area contributed by atoms with Crippen LogP contribution in [-0.4, -0.2) is 21.0 Å². The fraction of sp³-hybridized carbons (Fsp3) is 0.625. The van der Waals surface area contributed by atoms with Gasteiger partial charge in [0.1, 0.15) is 0 Å². The average Bonchev–Trinajstić information content (AvgIpc) is 3.27. The Morgan fingerprint density at radius 2 is 1.95 bits per heavy atom. The van der Waals surface area contributed by atoms with Crippen LogP contribution in [0.2, 0.25) is 0 Å². The summed E-state index contributed by atoms with van der Waals surface area (Å²) in [6.45, 7) is 7.47. The molecular formula is C16H26N2O2S. The molecule has 2 N–H and O–H groups in total. The highest BCUT2D eigenvalue weighted by atomic mass is 32.2. The van der Waals surface area contributed by atoms with Crippen LogP contribution in [0.3, 0.4) is 0 Å². The van der Waals surface area contributed by atoms with Gasteiger partial charge >= 0.3 is 0 Å². The van der Waals surface area contributed by atoms with Crippen molar-refractivity contribution in [1.82, 2.24) is 10.0 Å². The van der Waals surface area contributed by atoms with E-state index in [1.807, 2.05) is 12.1 Å². The van der Waals surface area contributed by atoms with E-state index in [1.165, 1.54) is 12.8 Å². The molecule has 1 atom stereocenters. The van der Waals surface area contributed by atoms with Crippen molar-refractivity contribution in [2.24, 2.45) is 11.8 Å². The molecule has 0 aromatic heterocycles. The van der Waals surface area contributed by atoms with Crippen molar-refractivity contribution >= 4 is 10.0 Å². The predicted octanol–water partition coefficient (Wildman–Crippen LogP) is 2.51. The van der Waals surface area contributed by atoms with E-state index in [9.17, 15) is 8.42 Å². The highest BCUT2D eigenvalue weighted by Gasteiger charge is 2.20. The van der Waals surface area contributed by atoms with Crippen LogP contribution < -0.4 is 10.0 Å². The van der Waals surface area contributed by atoms with Gasteiger partial charge in [-0.1, -0.05) is 32.9 Å². The topological polar surface area (TPSA) is 58.2 Å². The van der Waals surface area contributed by atoms with E-state index in [2.05, 4.69) is 30.8 Å². The largest absolute Gasteiger partial charge is 0.310 e. The second-order valence-electron chi connectivity index (χ2n) is 6.38. The molecular weight excluding hydrogens is 284 g/mol. The van der Waals surface area contributed by atoms with Crippen molar-refractivity contribution in [3.05, 3.63) is 29.8 Å². The van der Waals surface area contributed by atoms with Gasteiger partial charge in [0.15, 0.2) is 0 Å². The Bertz CT molecular complexity index is 565. The fourth-order valence-corrected chi connectivity index (χ4v) is 3.15. The monoisotopic (exact) mass is 310 g/mol. The molecule has 0 aliphatic heterocycles. The second-order valence-corrected chi connectivity index (χ2v) is 8.14. The quantitative estimate of drug-likeness (QED) is 0.775. The van der Waals surface area contributed by atoms with E-state index >= 15 is 0 Å². The van der Waals surface area contributed by atoms with Crippen molar-refractivity contribution in [2.75, 3.05) is 6.54 Å². The van der Waals surface area contributed by atoms with Crippen LogP contribution in [0.15, 0.2) is 29.2 Å². The van der Waals surface area contributed by atoms with Gasteiger partial charge in [0.05, 0.1) is 4.90 Å². The molecule has 1 fully saturated rings. The summed E-state index contributed by atoms with van der Waals surface area (Å²) in [6.07, 6.45) is 2.46. The zero-order valence-corrected chi connectivity index (χ0v) is 13.9. The SMILES string of the molecule is CC(C)C(C)CNS(=O)(=O)c1cccc(CNC2CC2)c1. The number of sulfonamides is 1. The van der Waals surface area contributed by atoms with Crippen LogP contribution in [0.25, 0.3) is 0 Å². The third-order valence-electron chi connectivity index (χ3n) is 4.11. The van der Waals surface area contributed by atoms with Gasteiger partial charge in [-0.25, -0.2) is 13.1 Å². The first-order valence-electron chi connectivity index (χ1n) is 7.70. The average molecular weight is 310 g/mol. The molecule has 0 saturated heterocycles. The number of nitrogens with one attached hydrogen (secondary N) is 2. The molecule has 0 radical (unpaired) electrons. The van der Waals surface area contributed by atoms with E-state index < -0.39 is 10.0 Å². The Kier molecular flexibility index (Phi) is 5.41. The first kappa shape index (κ1) is 16.5. The number of hydrogen-bond donors (Lipinski definition) is 2. The zero-order chi connectivity index (χ0) is 15.5. The third kappa shape index (κ3) is 5.09. The van der Waals surface area contributed by atoms with Crippen molar-refractivity contribution < 1.29 is 8.42 Å². The predicted molar refractivity (Wildman–Crippen MR) is 85.5 cm³/mol. The van der Waals surface area contributed by atoms with Gasteiger partial charge in [0.25, 0.3) is 0 Å². The lowest BCUT2D eigenvalue weighted by Crippen LogP contribution is -2.30. The van der Waals surface area contributed by atoms with Crippen molar-refractivity contribution in [3.63, 3.8) is 0 Å². The van der Waals surface area contributed by atoms with Crippen LogP contribution in [0.5, 0.6) is 0 Å². The van der Waals surface area contributed by atoms with Crippen LogP contribution in [0.4, 0.5) is 0 Å². The van der Waals surface area contributed by atoms with Crippen LogP contribution in [0, 0.1) is 11.8 Å². The Hall–Kier alpha value is -0.910. The summed E-state index contributed by atoms with van der Waals surface area (Å²) in [6, 6.07) is 7.81. The minimum atomic E-state index is -3.41. The van der Waals surface area contributed by atoms with E-state index in [-0.39, 0.29) is 0 Å². The van der Waals surface area contributed by atoms with E-state index in [0.717, 1.165) is 12.1 Å². The van der Waals surface area contributed by atoms with Gasteiger partial charge in [0, 0.05) is 19.1 Å². The van der Waals surface area contributed by atoms with Gasteiger partial charge < -0.3 is 5.32 Å². The molecule has 118 valence electrons. The molecule has 0 heterocycles. The number of rotatable bonds is 8. The van der Waals surface area contributed by atoms with Crippen molar-refractivity contribution in [2.45, 2.75) is 51.1 Å². The molecule has 0 amide bonds. The van der Waals surface area contributed by atoms with Gasteiger partial charge in [-0.15, -0.1) is 0 Å². The maximum atomic E-state index is 12.3. The lowest BCUT2D eigenvalue weighted by molar-refractivity contribution is 0.414. The molecule has 21 heavy (non-hydrogen) atoms. The lowest BCUT2D eigenvalue weighted by Gasteiger charge is -2.16. The molecule has 1 aliphatic carbocycles. The van der Waals surface area contributed by atoms with E-state index in [4.69, 9.17) is 0 Å². The maximum Gasteiger partial charge on any atom is 0.240 e. The maximum absolute atomic E-state index is 12.3. The number of hydrogen-bond acceptors (Lipinski definition) is 3. The Morgan fingerprint density at radius 3 is 2.57 bits per heavy atom. The summed E-state index contributed by atoms with van der Waals surface area (Å²) in [5.74, 6) is 0.779. The van der Waals surface area contributed by atoms with Crippen LogP contribution >= 0.6 is 0 Å². The Morgan fingerprint density at radius 1 is 1.24 bits per heavy atom. The molecule has 5 heteroatoms. The first-order chi connectivity index (χ1) is 9.88. The van der Waals surface area contributed by atoms with Gasteiger partial charge in [-0.3, -0.25) is 0 Å². The molecule has 1 unspecified atom stereocenters. The summed E-state index contributed by atoms with van der Waals surface area (Å²) in [7, 11) is -3.41. The molecule has 2 rings (SSSR count). The molecule has 1 aromatic carbocycles. The third-order valence-corrected chi connectivity index (χ3v) is 5.54. The molecule has 1 saturated carbocycles. The van der Waals surface area contributed by atoms with Crippen LogP contribution in [0.1, 0.15) is 39.2 Å². The minimum absolute atomic E-state index is 0.319. The normalized spacial score (nSPS) is 17.1. The molecule has 1 aromatic rings. The Labute approximate surface area is 128 Å². The van der Waals surface area contributed by atoms with E-state index in [0.29, 0.717) is 29.3 Å². The van der Waals surface area contributed by atoms with Crippen molar-refractivity contribution in [3.8, 4) is 0 Å². The molecule has 1 aliphatic rings. The highest BCUT2D eigenvalue weighted by molar-refractivity contribution is 7.89. The smallest absolute Gasteiger partial charge is 0.240 e. The zero-order valence-electron chi connectivity index (χ0n) is 13.1. The number of benzene rings is 1. The van der Waals surface area contributed by atoms with Crippen LogP contribution in [-0.2, 0) is 16.6 Å². The molecule has 0 spiro atoms. The lowest BCUT2D eigenvalue weighted by atomic mass is 9.99. The van der Waals surface area contributed by atoms with Gasteiger partial charge in [0.2, 0.25) is 10.0 Å². The molecule has 0 bridgehead atoms. The van der Waals surface area contributed by atoms with Crippen molar-refractivity contribution in [1.29, 1.82) is 0 Å².